The lowest BCUT2D eigenvalue weighted by Crippen LogP contribution is -2.01. The van der Waals surface area contributed by atoms with E-state index in [1.807, 2.05) is 12.2 Å². The van der Waals surface area contributed by atoms with Gasteiger partial charge in [-0.1, -0.05) is 96.1 Å². The minimum atomic E-state index is -3.80. The van der Waals surface area contributed by atoms with Crippen molar-refractivity contribution in [1.29, 1.82) is 0 Å². The van der Waals surface area contributed by atoms with Crippen molar-refractivity contribution in [1.82, 2.24) is 0 Å². The van der Waals surface area contributed by atoms with Crippen molar-refractivity contribution in [2.24, 2.45) is 0 Å². The predicted octanol–water partition coefficient (Wildman–Crippen LogP) is 6.30. The van der Waals surface area contributed by atoms with Crippen LogP contribution in [-0.2, 0) is 10.1 Å². The van der Waals surface area contributed by atoms with Crippen molar-refractivity contribution < 1.29 is 13.0 Å². The highest BCUT2D eigenvalue weighted by molar-refractivity contribution is 7.85. The van der Waals surface area contributed by atoms with Gasteiger partial charge in [0.15, 0.2) is 0 Å². The smallest absolute Gasteiger partial charge is 0.265 e. The molecule has 0 aromatic carbocycles. The maximum atomic E-state index is 10.5. The van der Waals surface area contributed by atoms with Crippen LogP contribution in [0.5, 0.6) is 0 Å². The van der Waals surface area contributed by atoms with Gasteiger partial charge in [-0.2, -0.15) is 8.42 Å². The molecule has 0 unspecified atom stereocenters. The second-order valence-corrected chi connectivity index (χ2v) is 8.15. The van der Waals surface area contributed by atoms with E-state index in [1.165, 1.54) is 83.5 Å². The fourth-order valence-electron chi connectivity index (χ4n) is 2.73. The van der Waals surface area contributed by atoms with Gasteiger partial charge in [-0.05, 0) is 19.3 Å². The van der Waals surface area contributed by atoms with Crippen molar-refractivity contribution in [2.45, 2.75) is 103 Å². The van der Waals surface area contributed by atoms with Crippen LogP contribution >= 0.6 is 0 Å². The quantitative estimate of drug-likeness (QED) is 0.191. The fraction of sp³-hybridized carbons (Fsp3) is 0.895. The number of allylic oxidation sites excluding steroid dienone is 2. The first-order valence-electron chi connectivity index (χ1n) is 9.66. The Labute approximate surface area is 144 Å². The van der Waals surface area contributed by atoms with Gasteiger partial charge < -0.3 is 0 Å². The van der Waals surface area contributed by atoms with Gasteiger partial charge in [0, 0.05) is 0 Å². The molecule has 1 N–H and O–H groups in total. The third-order valence-corrected chi connectivity index (χ3v) is 4.94. The first kappa shape index (κ1) is 22.6. The minimum Gasteiger partial charge on any atom is -0.286 e. The molecule has 0 bridgehead atoms. The minimum absolute atomic E-state index is 0.165. The lowest BCUT2D eigenvalue weighted by atomic mass is 10.0. The van der Waals surface area contributed by atoms with Gasteiger partial charge in [-0.25, -0.2) is 0 Å². The number of hydrogen-bond acceptors (Lipinski definition) is 2. The van der Waals surface area contributed by atoms with Gasteiger partial charge in [0.1, 0.15) is 0 Å². The maximum absolute atomic E-state index is 10.5. The monoisotopic (exact) mass is 346 g/mol. The summed E-state index contributed by atoms with van der Waals surface area (Å²) < 4.78 is 29.6. The molecule has 0 saturated heterocycles. The molecule has 3 nitrogen and oxygen atoms in total. The normalized spacial score (nSPS) is 12.3. The van der Waals surface area contributed by atoms with Crippen molar-refractivity contribution in [3.05, 3.63) is 12.2 Å². The van der Waals surface area contributed by atoms with E-state index in [9.17, 15) is 8.42 Å². The second kappa shape index (κ2) is 16.5. The van der Waals surface area contributed by atoms with Gasteiger partial charge in [-0.15, -0.1) is 0 Å². The largest absolute Gasteiger partial charge is 0.286 e. The third-order valence-electron chi connectivity index (χ3n) is 4.18. The molecule has 0 atom stereocenters. The summed E-state index contributed by atoms with van der Waals surface area (Å²) >= 11 is 0. The van der Waals surface area contributed by atoms with E-state index < -0.39 is 10.1 Å². The summed E-state index contributed by atoms with van der Waals surface area (Å²) in [5, 5.41) is 0. The Bertz CT molecular complexity index is 361. The molecule has 0 rings (SSSR count). The summed E-state index contributed by atoms with van der Waals surface area (Å²) in [4.78, 5) is 0. The Morgan fingerprint density at radius 2 is 1.04 bits per heavy atom. The van der Waals surface area contributed by atoms with Gasteiger partial charge in [0.2, 0.25) is 0 Å². The Morgan fingerprint density at radius 3 is 1.48 bits per heavy atom. The summed E-state index contributed by atoms with van der Waals surface area (Å²) in [6.07, 6.45) is 23.0. The molecule has 0 aromatic rings. The summed E-state index contributed by atoms with van der Waals surface area (Å²) in [6, 6.07) is 0. The van der Waals surface area contributed by atoms with Crippen molar-refractivity contribution in [3.63, 3.8) is 0 Å². The first-order valence-corrected chi connectivity index (χ1v) is 11.3. The molecule has 0 radical (unpaired) electrons. The summed E-state index contributed by atoms with van der Waals surface area (Å²) in [5.74, 6) is -0.165. The molecule has 0 aliphatic carbocycles. The fourth-order valence-corrected chi connectivity index (χ4v) is 3.17. The van der Waals surface area contributed by atoms with Crippen molar-refractivity contribution >= 4 is 10.1 Å². The molecule has 0 aromatic heterocycles. The number of hydrogen-bond donors (Lipinski definition) is 1. The Balaban J connectivity index is 3.12. The Morgan fingerprint density at radius 1 is 0.652 bits per heavy atom. The van der Waals surface area contributed by atoms with Gasteiger partial charge in [0.25, 0.3) is 10.1 Å². The van der Waals surface area contributed by atoms with Gasteiger partial charge in [-0.3, -0.25) is 4.55 Å². The van der Waals surface area contributed by atoms with Crippen LogP contribution in [0, 0.1) is 0 Å². The summed E-state index contributed by atoms with van der Waals surface area (Å²) in [5.41, 5.74) is 0. The highest BCUT2D eigenvalue weighted by atomic mass is 32.2. The maximum Gasteiger partial charge on any atom is 0.265 e. The predicted molar refractivity (Wildman–Crippen MR) is 100 cm³/mol. The lowest BCUT2D eigenvalue weighted by Gasteiger charge is -2.02. The molecule has 0 heterocycles. The van der Waals surface area contributed by atoms with Crippen LogP contribution in [0.2, 0.25) is 0 Å². The third kappa shape index (κ3) is 21.6. The summed E-state index contributed by atoms with van der Waals surface area (Å²) in [6.45, 7) is 2.26. The van der Waals surface area contributed by atoms with Crippen LogP contribution in [0.15, 0.2) is 12.2 Å². The van der Waals surface area contributed by atoms with Crippen LogP contribution in [-0.4, -0.2) is 18.7 Å². The van der Waals surface area contributed by atoms with Gasteiger partial charge >= 0.3 is 0 Å². The Kier molecular flexibility index (Phi) is 16.3. The highest BCUT2D eigenvalue weighted by Gasteiger charge is 2.00. The first-order chi connectivity index (χ1) is 11.1. The van der Waals surface area contributed by atoms with E-state index in [4.69, 9.17) is 4.55 Å². The lowest BCUT2D eigenvalue weighted by molar-refractivity contribution is 0.483. The van der Waals surface area contributed by atoms with E-state index in [0.717, 1.165) is 6.42 Å². The van der Waals surface area contributed by atoms with Crippen LogP contribution < -0.4 is 0 Å². The number of unbranched alkanes of at least 4 members (excludes halogenated alkanes) is 13. The van der Waals surface area contributed by atoms with Crippen LogP contribution in [0.1, 0.15) is 103 Å². The molecule has 0 aliphatic heterocycles. The molecule has 4 heteroatoms. The molecule has 0 aliphatic rings. The van der Waals surface area contributed by atoms with Crippen molar-refractivity contribution in [3.8, 4) is 0 Å². The molecule has 138 valence electrons. The zero-order valence-corrected chi connectivity index (χ0v) is 16.0. The number of rotatable bonds is 17. The molecule has 0 fully saturated rings. The van der Waals surface area contributed by atoms with Crippen LogP contribution in [0.4, 0.5) is 0 Å². The van der Waals surface area contributed by atoms with E-state index in [0.29, 0.717) is 6.42 Å². The van der Waals surface area contributed by atoms with E-state index >= 15 is 0 Å². The molecular weight excluding hydrogens is 308 g/mol. The average molecular weight is 347 g/mol. The average Bonchev–Trinajstić information content (AvgIpc) is 2.49. The second-order valence-electron chi connectivity index (χ2n) is 6.58. The van der Waals surface area contributed by atoms with E-state index in [1.54, 1.807) is 0 Å². The standard InChI is InChI=1S/C19H38O3S/c1-2-3-4-5-6-7-8-9-10-11-12-13-14-15-16-17-18-19-23(20,21)22/h16-17H,2-15,18-19H2,1H3,(H,20,21,22)/b17-16+. The molecule has 23 heavy (non-hydrogen) atoms. The topological polar surface area (TPSA) is 54.4 Å². The zero-order valence-electron chi connectivity index (χ0n) is 15.1. The van der Waals surface area contributed by atoms with Gasteiger partial charge in [0.05, 0.1) is 5.75 Å². The SMILES string of the molecule is CCCCCCCCCCCCCCC/C=C/CCS(=O)(=O)O. The molecular formula is C19H38O3S. The van der Waals surface area contributed by atoms with E-state index in [-0.39, 0.29) is 5.75 Å². The van der Waals surface area contributed by atoms with Crippen LogP contribution in [0.3, 0.4) is 0 Å². The Hall–Kier alpha value is -0.350. The van der Waals surface area contributed by atoms with Crippen molar-refractivity contribution in [2.75, 3.05) is 5.75 Å². The molecule has 0 saturated carbocycles. The zero-order chi connectivity index (χ0) is 17.2. The highest BCUT2D eigenvalue weighted by Crippen LogP contribution is 2.13. The van der Waals surface area contributed by atoms with E-state index in [2.05, 4.69) is 6.92 Å². The van der Waals surface area contributed by atoms with Crippen LogP contribution in [0.25, 0.3) is 0 Å². The molecule has 0 spiro atoms. The summed E-state index contributed by atoms with van der Waals surface area (Å²) in [7, 11) is -3.80. The molecule has 0 amide bonds.